The monoisotopic (exact) mass is 281 g/mol. The highest BCUT2D eigenvalue weighted by Gasteiger charge is 2.33. The van der Waals surface area contributed by atoms with Gasteiger partial charge in [-0.05, 0) is 30.6 Å². The van der Waals surface area contributed by atoms with Crippen LogP contribution in [0.4, 0.5) is 10.1 Å². The van der Waals surface area contributed by atoms with Crippen LogP contribution in [0.25, 0.3) is 0 Å². The zero-order valence-electron chi connectivity index (χ0n) is 12.7. The summed E-state index contributed by atoms with van der Waals surface area (Å²) in [5.41, 5.74) is 6.43. The smallest absolute Gasteiger partial charge is 0.167 e. The first-order chi connectivity index (χ1) is 9.30. The number of benzene rings is 1. The molecule has 1 saturated carbocycles. The maximum absolute atomic E-state index is 13.5. The van der Waals surface area contributed by atoms with Crippen molar-refractivity contribution in [1.29, 1.82) is 0 Å². The maximum atomic E-state index is 13.5. The van der Waals surface area contributed by atoms with Gasteiger partial charge in [0.2, 0.25) is 0 Å². The SMILES string of the molecule is COc1cc(OC2CC(C)CC(C)(C)C2)c(N)cc1F. The molecule has 20 heavy (non-hydrogen) atoms. The van der Waals surface area contributed by atoms with Gasteiger partial charge in [0.15, 0.2) is 11.6 Å². The van der Waals surface area contributed by atoms with Crippen molar-refractivity contribution >= 4 is 5.69 Å². The van der Waals surface area contributed by atoms with Crippen LogP contribution in [-0.4, -0.2) is 13.2 Å². The summed E-state index contributed by atoms with van der Waals surface area (Å²) in [7, 11) is 1.43. The summed E-state index contributed by atoms with van der Waals surface area (Å²) in [6.45, 7) is 6.76. The molecule has 0 spiro atoms. The predicted octanol–water partition coefficient (Wildman–Crippen LogP) is 4.01. The molecule has 1 aromatic rings. The van der Waals surface area contributed by atoms with Crippen molar-refractivity contribution < 1.29 is 13.9 Å². The Morgan fingerprint density at radius 1 is 1.25 bits per heavy atom. The highest BCUT2D eigenvalue weighted by atomic mass is 19.1. The minimum Gasteiger partial charge on any atom is -0.494 e. The summed E-state index contributed by atoms with van der Waals surface area (Å²) < 4.78 is 24.5. The van der Waals surface area contributed by atoms with Gasteiger partial charge < -0.3 is 15.2 Å². The molecule has 1 aliphatic rings. The van der Waals surface area contributed by atoms with E-state index in [1.807, 2.05) is 0 Å². The van der Waals surface area contributed by atoms with Gasteiger partial charge in [-0.1, -0.05) is 20.8 Å². The van der Waals surface area contributed by atoms with E-state index >= 15 is 0 Å². The molecule has 0 aliphatic heterocycles. The van der Waals surface area contributed by atoms with Crippen LogP contribution in [0.15, 0.2) is 12.1 Å². The zero-order valence-corrected chi connectivity index (χ0v) is 12.7. The van der Waals surface area contributed by atoms with E-state index in [4.69, 9.17) is 15.2 Å². The Balaban J connectivity index is 2.17. The molecule has 0 heterocycles. The van der Waals surface area contributed by atoms with Crippen molar-refractivity contribution in [2.75, 3.05) is 12.8 Å². The zero-order chi connectivity index (χ0) is 14.9. The summed E-state index contributed by atoms with van der Waals surface area (Å²) in [6.07, 6.45) is 3.31. The molecule has 2 atom stereocenters. The molecular formula is C16H24FNO2. The van der Waals surface area contributed by atoms with Crippen LogP contribution in [-0.2, 0) is 0 Å². The van der Waals surface area contributed by atoms with Gasteiger partial charge in [0.25, 0.3) is 0 Å². The van der Waals surface area contributed by atoms with E-state index in [2.05, 4.69) is 20.8 Å². The number of ether oxygens (including phenoxy) is 2. The van der Waals surface area contributed by atoms with Crippen molar-refractivity contribution in [3.8, 4) is 11.5 Å². The summed E-state index contributed by atoms with van der Waals surface area (Å²) >= 11 is 0. The first-order valence-electron chi connectivity index (χ1n) is 7.10. The Kier molecular flexibility index (Phi) is 4.11. The Labute approximate surface area is 120 Å². The Hall–Kier alpha value is -1.45. The molecule has 0 bridgehead atoms. The van der Waals surface area contributed by atoms with E-state index in [1.165, 1.54) is 25.7 Å². The Morgan fingerprint density at radius 3 is 2.55 bits per heavy atom. The number of hydrogen-bond donors (Lipinski definition) is 1. The molecule has 2 rings (SSSR count). The van der Waals surface area contributed by atoms with Gasteiger partial charge in [0.1, 0.15) is 5.75 Å². The van der Waals surface area contributed by atoms with Crippen LogP contribution < -0.4 is 15.2 Å². The number of methoxy groups -OCH3 is 1. The van der Waals surface area contributed by atoms with Crippen LogP contribution in [0.1, 0.15) is 40.0 Å². The van der Waals surface area contributed by atoms with Crippen LogP contribution >= 0.6 is 0 Å². The Bertz CT molecular complexity index is 488. The lowest BCUT2D eigenvalue weighted by Crippen LogP contribution is -2.34. The number of halogens is 1. The van der Waals surface area contributed by atoms with Gasteiger partial charge >= 0.3 is 0 Å². The summed E-state index contributed by atoms with van der Waals surface area (Å²) in [5, 5.41) is 0. The average molecular weight is 281 g/mol. The minimum absolute atomic E-state index is 0.117. The van der Waals surface area contributed by atoms with Crippen molar-refractivity contribution in [1.82, 2.24) is 0 Å². The molecule has 1 aliphatic carbocycles. The van der Waals surface area contributed by atoms with E-state index in [1.54, 1.807) is 0 Å². The second kappa shape index (κ2) is 5.51. The van der Waals surface area contributed by atoms with Gasteiger partial charge in [-0.2, -0.15) is 0 Å². The molecule has 4 heteroatoms. The van der Waals surface area contributed by atoms with E-state index in [0.717, 1.165) is 12.8 Å². The van der Waals surface area contributed by atoms with Crippen LogP contribution in [0.2, 0.25) is 0 Å². The highest BCUT2D eigenvalue weighted by molar-refractivity contribution is 5.56. The quantitative estimate of drug-likeness (QED) is 0.851. The van der Waals surface area contributed by atoms with E-state index < -0.39 is 5.82 Å². The van der Waals surface area contributed by atoms with Gasteiger partial charge in [-0.15, -0.1) is 0 Å². The molecule has 1 aromatic carbocycles. The lowest BCUT2D eigenvalue weighted by atomic mass is 9.71. The molecule has 0 radical (unpaired) electrons. The summed E-state index contributed by atoms with van der Waals surface area (Å²) in [6, 6.07) is 2.79. The largest absolute Gasteiger partial charge is 0.494 e. The molecular weight excluding hydrogens is 257 g/mol. The van der Waals surface area contributed by atoms with Gasteiger partial charge in [-0.3, -0.25) is 0 Å². The standard InChI is InChI=1S/C16H24FNO2/c1-10-5-11(9-16(2,3)8-10)20-15-7-14(19-4)12(17)6-13(15)18/h6-7,10-11H,5,8-9,18H2,1-4H3. The third-order valence-corrected chi connectivity index (χ3v) is 3.92. The second-order valence-electron chi connectivity index (χ2n) is 6.68. The molecule has 0 aromatic heterocycles. The fourth-order valence-electron chi connectivity index (χ4n) is 3.34. The second-order valence-corrected chi connectivity index (χ2v) is 6.68. The molecule has 0 amide bonds. The maximum Gasteiger partial charge on any atom is 0.167 e. The predicted molar refractivity (Wildman–Crippen MR) is 78.6 cm³/mol. The highest BCUT2D eigenvalue weighted by Crippen LogP contribution is 2.41. The van der Waals surface area contributed by atoms with Crippen molar-refractivity contribution in [2.45, 2.75) is 46.1 Å². The summed E-state index contributed by atoms with van der Waals surface area (Å²) in [5.74, 6) is 0.831. The molecule has 2 unspecified atom stereocenters. The van der Waals surface area contributed by atoms with Crippen molar-refractivity contribution in [3.63, 3.8) is 0 Å². The lowest BCUT2D eigenvalue weighted by Gasteiger charge is -2.39. The number of nitrogens with two attached hydrogens (primary N) is 1. The molecule has 0 saturated heterocycles. The van der Waals surface area contributed by atoms with Gasteiger partial charge in [0, 0.05) is 12.1 Å². The van der Waals surface area contributed by atoms with Crippen LogP contribution in [0.3, 0.4) is 0 Å². The minimum atomic E-state index is -0.463. The number of rotatable bonds is 3. The lowest BCUT2D eigenvalue weighted by molar-refractivity contribution is 0.0565. The van der Waals surface area contributed by atoms with Gasteiger partial charge in [0.05, 0.1) is 18.9 Å². The van der Waals surface area contributed by atoms with Crippen molar-refractivity contribution in [3.05, 3.63) is 17.9 Å². The molecule has 3 nitrogen and oxygen atoms in total. The molecule has 112 valence electrons. The number of hydrogen-bond acceptors (Lipinski definition) is 3. The van der Waals surface area contributed by atoms with Crippen LogP contribution in [0.5, 0.6) is 11.5 Å². The molecule has 2 N–H and O–H groups in total. The third-order valence-electron chi connectivity index (χ3n) is 3.92. The summed E-state index contributed by atoms with van der Waals surface area (Å²) in [4.78, 5) is 0. The van der Waals surface area contributed by atoms with Gasteiger partial charge in [-0.25, -0.2) is 4.39 Å². The first kappa shape index (κ1) is 14.9. The van der Waals surface area contributed by atoms with E-state index in [0.29, 0.717) is 17.4 Å². The Morgan fingerprint density at radius 2 is 1.95 bits per heavy atom. The fraction of sp³-hybridized carbons (Fsp3) is 0.625. The normalized spacial score (nSPS) is 25.2. The van der Waals surface area contributed by atoms with E-state index in [9.17, 15) is 4.39 Å². The topological polar surface area (TPSA) is 44.5 Å². The third kappa shape index (κ3) is 3.35. The number of nitrogen functional groups attached to an aromatic ring is 1. The number of anilines is 1. The van der Waals surface area contributed by atoms with E-state index in [-0.39, 0.29) is 17.3 Å². The van der Waals surface area contributed by atoms with Crippen molar-refractivity contribution in [2.24, 2.45) is 11.3 Å². The fourth-order valence-corrected chi connectivity index (χ4v) is 3.34. The average Bonchev–Trinajstić information content (AvgIpc) is 2.30. The molecule has 1 fully saturated rings. The first-order valence-corrected chi connectivity index (χ1v) is 7.10. The van der Waals surface area contributed by atoms with Crippen LogP contribution in [0, 0.1) is 17.2 Å².